The average molecular weight is 236 g/mol. The maximum absolute atomic E-state index is 10.8. The molecule has 3 heterocycles. The second-order valence-corrected chi connectivity index (χ2v) is 3.98. The number of aromatic nitrogens is 5. The van der Waals surface area contributed by atoms with Crippen LogP contribution < -0.4 is 11.1 Å². The lowest BCUT2D eigenvalue weighted by molar-refractivity contribution is 0.337. The molecule has 0 unspecified atom stereocenters. The highest BCUT2D eigenvalue weighted by atomic mass is 16.4. The van der Waals surface area contributed by atoms with Crippen LogP contribution in [0.1, 0.15) is 18.9 Å². The topological polar surface area (TPSA) is 102 Å². The van der Waals surface area contributed by atoms with Crippen LogP contribution in [0.3, 0.4) is 0 Å². The number of H-pyrrole nitrogens is 1. The van der Waals surface area contributed by atoms with Gasteiger partial charge in [0.2, 0.25) is 0 Å². The lowest BCUT2D eigenvalue weighted by atomic mass is 10.1. The molecule has 2 aromatic heterocycles. The van der Waals surface area contributed by atoms with Gasteiger partial charge in [0.1, 0.15) is 0 Å². The van der Waals surface area contributed by atoms with Gasteiger partial charge in [-0.15, -0.1) is 10.2 Å². The fraction of sp³-hybridized carbons (Fsp3) is 0.556. The molecule has 0 saturated carbocycles. The van der Waals surface area contributed by atoms with Gasteiger partial charge in [-0.2, -0.15) is 0 Å². The van der Waals surface area contributed by atoms with Gasteiger partial charge < -0.3 is 9.73 Å². The van der Waals surface area contributed by atoms with Crippen LogP contribution in [-0.2, 0) is 0 Å². The Balaban J connectivity index is 1.84. The quantitative estimate of drug-likeness (QED) is 0.732. The molecule has 3 rings (SSSR count). The smallest absolute Gasteiger partial charge is 0.386 e. The number of hydrogen-bond donors (Lipinski definition) is 2. The molecule has 17 heavy (non-hydrogen) atoms. The van der Waals surface area contributed by atoms with E-state index < -0.39 is 5.76 Å². The molecular formula is C9H12N6O2. The molecule has 0 aliphatic carbocycles. The summed E-state index contributed by atoms with van der Waals surface area (Å²) in [6, 6.07) is 0.350. The molecule has 1 aliphatic heterocycles. The third-order valence-corrected chi connectivity index (χ3v) is 2.85. The van der Waals surface area contributed by atoms with Crippen LogP contribution in [-0.4, -0.2) is 38.3 Å². The predicted octanol–water partition coefficient (Wildman–Crippen LogP) is -0.454. The van der Waals surface area contributed by atoms with Crippen molar-refractivity contribution in [2.75, 3.05) is 13.1 Å². The second kappa shape index (κ2) is 4.13. The summed E-state index contributed by atoms with van der Waals surface area (Å²) >= 11 is 0. The molecule has 0 spiro atoms. The van der Waals surface area contributed by atoms with Crippen LogP contribution >= 0.6 is 0 Å². The molecule has 2 aromatic rings. The summed E-state index contributed by atoms with van der Waals surface area (Å²) in [6.45, 7) is 1.97. The molecule has 0 aromatic carbocycles. The van der Waals surface area contributed by atoms with Gasteiger partial charge in [0, 0.05) is 0 Å². The van der Waals surface area contributed by atoms with E-state index in [0.29, 0.717) is 11.7 Å². The largest absolute Gasteiger partial charge is 0.434 e. The van der Waals surface area contributed by atoms with Crippen LogP contribution in [0, 0.1) is 0 Å². The van der Waals surface area contributed by atoms with Crippen LogP contribution in [0.25, 0.3) is 11.6 Å². The summed E-state index contributed by atoms with van der Waals surface area (Å²) in [6.07, 6.45) is 3.80. The van der Waals surface area contributed by atoms with Crippen molar-refractivity contribution in [3.63, 3.8) is 0 Å². The van der Waals surface area contributed by atoms with Crippen molar-refractivity contribution in [1.29, 1.82) is 0 Å². The Morgan fingerprint density at radius 3 is 2.94 bits per heavy atom. The average Bonchev–Trinajstić information content (AvgIpc) is 2.98. The SMILES string of the molecule is O=c1[nH]nc(-c2cn(C3CCNCC3)nn2)o1. The Hall–Kier alpha value is -1.96. The highest BCUT2D eigenvalue weighted by molar-refractivity contribution is 5.42. The van der Waals surface area contributed by atoms with Crippen molar-refractivity contribution in [2.45, 2.75) is 18.9 Å². The third kappa shape index (κ3) is 1.98. The number of rotatable bonds is 2. The van der Waals surface area contributed by atoms with Gasteiger partial charge in [-0.25, -0.2) is 14.6 Å². The van der Waals surface area contributed by atoms with Crippen LogP contribution in [0.4, 0.5) is 0 Å². The van der Waals surface area contributed by atoms with Crippen molar-refractivity contribution in [1.82, 2.24) is 30.5 Å². The predicted molar refractivity (Wildman–Crippen MR) is 57.3 cm³/mol. The molecule has 8 heteroatoms. The van der Waals surface area contributed by atoms with Crippen molar-refractivity contribution < 1.29 is 4.42 Å². The molecule has 1 aliphatic rings. The zero-order valence-electron chi connectivity index (χ0n) is 9.09. The van der Waals surface area contributed by atoms with Gasteiger partial charge >= 0.3 is 5.76 Å². The number of nitrogens with one attached hydrogen (secondary N) is 2. The van der Waals surface area contributed by atoms with E-state index in [1.165, 1.54) is 0 Å². The summed E-state index contributed by atoms with van der Waals surface area (Å²) in [7, 11) is 0. The molecule has 8 nitrogen and oxygen atoms in total. The minimum atomic E-state index is -0.587. The van der Waals surface area contributed by atoms with E-state index in [0.717, 1.165) is 25.9 Å². The van der Waals surface area contributed by atoms with Crippen molar-refractivity contribution >= 4 is 0 Å². The lowest BCUT2D eigenvalue weighted by Gasteiger charge is -2.21. The van der Waals surface area contributed by atoms with Crippen molar-refractivity contribution in [3.05, 3.63) is 16.7 Å². The zero-order chi connectivity index (χ0) is 11.7. The Kier molecular flexibility index (Phi) is 2.48. The monoisotopic (exact) mass is 236 g/mol. The number of piperidine rings is 1. The van der Waals surface area contributed by atoms with E-state index in [4.69, 9.17) is 4.42 Å². The molecule has 1 fully saturated rings. The van der Waals surface area contributed by atoms with Gasteiger partial charge in [-0.1, -0.05) is 5.21 Å². The van der Waals surface area contributed by atoms with Gasteiger partial charge in [0.15, 0.2) is 5.69 Å². The molecule has 0 bridgehead atoms. The Bertz CT molecular complexity index is 550. The van der Waals surface area contributed by atoms with Crippen LogP contribution in [0.5, 0.6) is 0 Å². The first-order valence-electron chi connectivity index (χ1n) is 5.51. The van der Waals surface area contributed by atoms with E-state index in [1.807, 2.05) is 4.68 Å². The summed E-state index contributed by atoms with van der Waals surface area (Å²) in [5.74, 6) is -0.411. The maximum atomic E-state index is 10.8. The van der Waals surface area contributed by atoms with Gasteiger partial charge in [-0.05, 0) is 25.9 Å². The second-order valence-electron chi connectivity index (χ2n) is 3.98. The summed E-state index contributed by atoms with van der Waals surface area (Å²) in [5.41, 5.74) is 0.474. The first kappa shape index (κ1) is 10.2. The first-order chi connectivity index (χ1) is 8.33. The molecule has 0 atom stereocenters. The number of hydrogen-bond acceptors (Lipinski definition) is 6. The summed E-state index contributed by atoms with van der Waals surface area (Å²) < 4.78 is 6.63. The van der Waals surface area contributed by atoms with E-state index in [1.54, 1.807) is 6.20 Å². The van der Waals surface area contributed by atoms with Crippen LogP contribution in [0.15, 0.2) is 15.4 Å². The van der Waals surface area contributed by atoms with E-state index in [2.05, 4.69) is 25.8 Å². The van der Waals surface area contributed by atoms with E-state index in [-0.39, 0.29) is 5.89 Å². The highest BCUT2D eigenvalue weighted by Gasteiger charge is 2.18. The van der Waals surface area contributed by atoms with Crippen molar-refractivity contribution in [3.8, 4) is 11.6 Å². The highest BCUT2D eigenvalue weighted by Crippen LogP contribution is 2.19. The summed E-state index contributed by atoms with van der Waals surface area (Å²) in [4.78, 5) is 10.8. The molecule has 90 valence electrons. The first-order valence-corrected chi connectivity index (χ1v) is 5.51. The number of nitrogens with zero attached hydrogens (tertiary/aromatic N) is 4. The third-order valence-electron chi connectivity index (χ3n) is 2.85. The van der Waals surface area contributed by atoms with Crippen LogP contribution in [0.2, 0.25) is 0 Å². The Morgan fingerprint density at radius 2 is 2.24 bits per heavy atom. The van der Waals surface area contributed by atoms with Gasteiger partial charge in [-0.3, -0.25) is 0 Å². The Morgan fingerprint density at radius 1 is 1.41 bits per heavy atom. The normalized spacial score (nSPS) is 17.4. The minimum Gasteiger partial charge on any atom is -0.386 e. The zero-order valence-corrected chi connectivity index (χ0v) is 9.09. The van der Waals surface area contributed by atoms with E-state index >= 15 is 0 Å². The molecule has 1 saturated heterocycles. The molecule has 2 N–H and O–H groups in total. The maximum Gasteiger partial charge on any atom is 0.434 e. The minimum absolute atomic E-state index is 0.176. The van der Waals surface area contributed by atoms with Gasteiger partial charge in [0.05, 0.1) is 12.2 Å². The molecule has 0 amide bonds. The van der Waals surface area contributed by atoms with E-state index in [9.17, 15) is 4.79 Å². The number of aromatic amines is 1. The fourth-order valence-electron chi connectivity index (χ4n) is 1.96. The summed E-state index contributed by atoms with van der Waals surface area (Å²) in [5, 5.41) is 17.2. The van der Waals surface area contributed by atoms with Gasteiger partial charge in [0.25, 0.3) is 5.89 Å². The fourth-order valence-corrected chi connectivity index (χ4v) is 1.96. The molecular weight excluding hydrogens is 224 g/mol. The van der Waals surface area contributed by atoms with Crippen molar-refractivity contribution in [2.24, 2.45) is 0 Å². The molecule has 0 radical (unpaired) electrons. The Labute approximate surface area is 96.0 Å². The standard InChI is InChI=1S/C9H12N6O2/c16-9-13-12-8(17-9)7-5-15(14-11-7)6-1-3-10-4-2-6/h5-6,10H,1-4H2,(H,13,16). The lowest BCUT2D eigenvalue weighted by Crippen LogP contribution is -2.29.